The van der Waals surface area contributed by atoms with E-state index in [1.165, 1.54) is 16.9 Å². The van der Waals surface area contributed by atoms with Gasteiger partial charge in [-0.3, -0.25) is 4.79 Å². The number of carbonyl (C=O) groups excluding carboxylic acids is 1. The van der Waals surface area contributed by atoms with Gasteiger partial charge in [0.1, 0.15) is 10.7 Å². The number of nitrogen functional groups attached to an aromatic ring is 1. The summed E-state index contributed by atoms with van der Waals surface area (Å²) in [7, 11) is 0. The van der Waals surface area contributed by atoms with Crippen molar-refractivity contribution in [1.29, 1.82) is 0 Å². The molecule has 4 N–H and O–H groups in total. The highest BCUT2D eigenvalue weighted by atomic mass is 32.1. The fourth-order valence-electron chi connectivity index (χ4n) is 1.93. The second-order valence-electron chi connectivity index (χ2n) is 5.32. The van der Waals surface area contributed by atoms with E-state index in [0.717, 1.165) is 23.5 Å². The molecule has 6 heteroatoms. The summed E-state index contributed by atoms with van der Waals surface area (Å²) in [5.41, 5.74) is 8.09. The molecule has 21 heavy (non-hydrogen) atoms. The molecule has 0 atom stereocenters. The van der Waals surface area contributed by atoms with Gasteiger partial charge in [0, 0.05) is 12.6 Å². The summed E-state index contributed by atoms with van der Waals surface area (Å²) in [4.78, 5) is 16.9. The number of aryl methyl sites for hydroxylation is 1. The average Bonchev–Trinajstić information content (AvgIpc) is 3.19. The lowest BCUT2D eigenvalue weighted by Gasteiger charge is -2.04. The highest BCUT2D eigenvalue weighted by Gasteiger charge is 2.24. The fraction of sp³-hybridized carbons (Fsp3) is 0.333. The molecule has 0 saturated heterocycles. The molecule has 1 aromatic carbocycles. The largest absolute Gasteiger partial charge is 0.382 e. The molecular formula is C15H18N4OS. The van der Waals surface area contributed by atoms with Gasteiger partial charge in [-0.05, 0) is 25.3 Å². The normalized spacial score (nSPS) is 14.0. The van der Waals surface area contributed by atoms with E-state index in [2.05, 4.69) is 15.6 Å². The van der Waals surface area contributed by atoms with Crippen LogP contribution in [0.15, 0.2) is 24.3 Å². The maximum atomic E-state index is 12.2. The number of benzene rings is 1. The number of hydrogen-bond acceptors (Lipinski definition) is 5. The van der Waals surface area contributed by atoms with Crippen LogP contribution in [0.1, 0.15) is 33.6 Å². The van der Waals surface area contributed by atoms with Crippen molar-refractivity contribution >= 4 is 28.2 Å². The highest BCUT2D eigenvalue weighted by molar-refractivity contribution is 7.18. The van der Waals surface area contributed by atoms with Gasteiger partial charge in [0.15, 0.2) is 5.13 Å². The van der Waals surface area contributed by atoms with Crippen LogP contribution in [-0.4, -0.2) is 16.9 Å². The Morgan fingerprint density at radius 2 is 2.10 bits per heavy atom. The predicted octanol–water partition coefficient (Wildman–Crippen LogP) is 2.54. The van der Waals surface area contributed by atoms with Crippen molar-refractivity contribution in [2.24, 2.45) is 0 Å². The highest BCUT2D eigenvalue weighted by Crippen LogP contribution is 2.30. The van der Waals surface area contributed by atoms with E-state index >= 15 is 0 Å². The Morgan fingerprint density at radius 1 is 1.38 bits per heavy atom. The number of hydrogen-bond donors (Lipinski definition) is 3. The van der Waals surface area contributed by atoms with E-state index in [0.29, 0.717) is 23.3 Å². The summed E-state index contributed by atoms with van der Waals surface area (Å²) < 4.78 is 0. The Kier molecular flexibility index (Phi) is 3.79. The lowest BCUT2D eigenvalue weighted by molar-refractivity contribution is 0.0955. The van der Waals surface area contributed by atoms with Crippen LogP contribution in [0.5, 0.6) is 0 Å². The van der Waals surface area contributed by atoms with Crippen LogP contribution < -0.4 is 16.4 Å². The minimum atomic E-state index is -0.172. The van der Waals surface area contributed by atoms with Gasteiger partial charge in [-0.25, -0.2) is 4.98 Å². The van der Waals surface area contributed by atoms with Crippen molar-refractivity contribution < 1.29 is 4.79 Å². The molecule has 1 amide bonds. The van der Waals surface area contributed by atoms with Crippen LogP contribution >= 0.6 is 11.3 Å². The Labute approximate surface area is 127 Å². The van der Waals surface area contributed by atoms with Crippen molar-refractivity contribution in [2.75, 3.05) is 11.1 Å². The predicted molar refractivity (Wildman–Crippen MR) is 85.5 cm³/mol. The fourth-order valence-corrected chi connectivity index (χ4v) is 2.81. The maximum Gasteiger partial charge on any atom is 0.265 e. The zero-order valence-electron chi connectivity index (χ0n) is 11.8. The maximum absolute atomic E-state index is 12.2. The van der Waals surface area contributed by atoms with Gasteiger partial charge in [-0.2, -0.15) is 0 Å². The first kappa shape index (κ1) is 13.9. The molecule has 1 aliphatic carbocycles. The summed E-state index contributed by atoms with van der Waals surface area (Å²) in [6.07, 6.45) is 2.32. The van der Waals surface area contributed by atoms with Crippen molar-refractivity contribution in [1.82, 2.24) is 10.3 Å². The van der Waals surface area contributed by atoms with Crippen LogP contribution in [-0.2, 0) is 6.54 Å². The summed E-state index contributed by atoms with van der Waals surface area (Å²) in [5.74, 6) is 0.124. The molecule has 0 unspecified atom stereocenters. The van der Waals surface area contributed by atoms with Gasteiger partial charge in [0.05, 0.1) is 0 Å². The third kappa shape index (κ3) is 3.52. The third-order valence-electron chi connectivity index (χ3n) is 3.34. The molecule has 5 nitrogen and oxygen atoms in total. The van der Waals surface area contributed by atoms with Gasteiger partial charge in [-0.15, -0.1) is 0 Å². The molecule has 1 aliphatic rings. The molecule has 2 aromatic rings. The molecule has 0 spiro atoms. The number of thiazole rings is 1. The first-order valence-corrected chi connectivity index (χ1v) is 7.80. The molecule has 0 bridgehead atoms. The number of nitrogens with one attached hydrogen (secondary N) is 2. The van der Waals surface area contributed by atoms with E-state index < -0.39 is 0 Å². The van der Waals surface area contributed by atoms with E-state index in [-0.39, 0.29) is 5.91 Å². The van der Waals surface area contributed by atoms with Crippen LogP contribution in [0.3, 0.4) is 0 Å². The van der Waals surface area contributed by atoms with Crippen LogP contribution in [0.2, 0.25) is 0 Å². The summed E-state index contributed by atoms with van der Waals surface area (Å²) >= 11 is 1.31. The quantitative estimate of drug-likeness (QED) is 0.793. The molecule has 0 radical (unpaired) electrons. The zero-order chi connectivity index (χ0) is 14.8. The number of anilines is 2. The van der Waals surface area contributed by atoms with Crippen molar-refractivity contribution in [2.45, 2.75) is 32.4 Å². The lowest BCUT2D eigenvalue weighted by atomic mass is 10.1. The standard InChI is InChI=1S/C15H18N4OS/c1-9-2-4-10(5-3-9)8-17-14(20)12-13(16)19-15(21-12)18-11-6-7-11/h2-5,11H,6-8,16H2,1H3,(H,17,20)(H,18,19). The van der Waals surface area contributed by atoms with Crippen LogP contribution in [0, 0.1) is 6.92 Å². The third-order valence-corrected chi connectivity index (χ3v) is 4.34. The van der Waals surface area contributed by atoms with Crippen LogP contribution in [0.4, 0.5) is 10.9 Å². The number of amides is 1. The van der Waals surface area contributed by atoms with Gasteiger partial charge in [0.2, 0.25) is 0 Å². The number of nitrogens with zero attached hydrogens (tertiary/aromatic N) is 1. The Morgan fingerprint density at radius 3 is 2.76 bits per heavy atom. The van der Waals surface area contributed by atoms with E-state index in [1.807, 2.05) is 31.2 Å². The molecule has 0 aliphatic heterocycles. The van der Waals surface area contributed by atoms with E-state index in [1.54, 1.807) is 0 Å². The first-order chi connectivity index (χ1) is 10.1. The molecule has 3 rings (SSSR count). The summed E-state index contributed by atoms with van der Waals surface area (Å²) in [6.45, 7) is 2.52. The smallest absolute Gasteiger partial charge is 0.265 e. The van der Waals surface area contributed by atoms with Crippen molar-refractivity contribution in [3.8, 4) is 0 Å². The minimum absolute atomic E-state index is 0.172. The first-order valence-electron chi connectivity index (χ1n) is 6.98. The van der Waals surface area contributed by atoms with Crippen LogP contribution in [0.25, 0.3) is 0 Å². The number of carbonyl (C=O) groups is 1. The number of nitrogens with two attached hydrogens (primary N) is 1. The Hall–Kier alpha value is -2.08. The van der Waals surface area contributed by atoms with E-state index in [4.69, 9.17) is 5.73 Å². The lowest BCUT2D eigenvalue weighted by Crippen LogP contribution is -2.22. The molecule has 1 heterocycles. The van der Waals surface area contributed by atoms with Crippen molar-refractivity contribution in [3.63, 3.8) is 0 Å². The Balaban J connectivity index is 1.61. The second-order valence-corrected chi connectivity index (χ2v) is 6.32. The average molecular weight is 302 g/mol. The molecule has 1 aromatic heterocycles. The minimum Gasteiger partial charge on any atom is -0.382 e. The Bertz CT molecular complexity index is 646. The molecule has 110 valence electrons. The number of rotatable bonds is 5. The summed E-state index contributed by atoms with van der Waals surface area (Å²) in [5, 5.41) is 6.87. The van der Waals surface area contributed by atoms with Gasteiger partial charge < -0.3 is 16.4 Å². The second kappa shape index (κ2) is 5.73. The van der Waals surface area contributed by atoms with Gasteiger partial charge >= 0.3 is 0 Å². The van der Waals surface area contributed by atoms with Gasteiger partial charge in [-0.1, -0.05) is 41.2 Å². The van der Waals surface area contributed by atoms with E-state index in [9.17, 15) is 4.79 Å². The zero-order valence-corrected chi connectivity index (χ0v) is 12.7. The SMILES string of the molecule is Cc1ccc(CNC(=O)c2sc(NC3CC3)nc2N)cc1. The monoisotopic (exact) mass is 302 g/mol. The van der Waals surface area contributed by atoms with Gasteiger partial charge in [0.25, 0.3) is 5.91 Å². The summed E-state index contributed by atoms with van der Waals surface area (Å²) in [6, 6.07) is 8.57. The molecular weight excluding hydrogens is 284 g/mol. The topological polar surface area (TPSA) is 80.0 Å². The molecule has 1 saturated carbocycles. The number of aromatic nitrogens is 1. The molecule has 1 fully saturated rings. The van der Waals surface area contributed by atoms with Crippen molar-refractivity contribution in [3.05, 3.63) is 40.3 Å².